The van der Waals surface area contributed by atoms with Gasteiger partial charge in [-0.25, -0.2) is 0 Å². The number of hydrogen-bond donors (Lipinski definition) is 1. The van der Waals surface area contributed by atoms with Crippen LogP contribution in [0.4, 0.5) is 0 Å². The first-order valence-corrected chi connectivity index (χ1v) is 7.05. The lowest BCUT2D eigenvalue weighted by Crippen LogP contribution is -2.22. The van der Waals surface area contributed by atoms with Gasteiger partial charge in [-0.05, 0) is 31.2 Å². The molecule has 0 aliphatic heterocycles. The van der Waals surface area contributed by atoms with E-state index in [1.54, 1.807) is 6.20 Å². The molecule has 20 heavy (non-hydrogen) atoms. The number of aryl methyl sites for hydroxylation is 1. The van der Waals surface area contributed by atoms with Crippen LogP contribution in [-0.4, -0.2) is 11.0 Å². The Morgan fingerprint density at radius 3 is 2.75 bits per heavy atom. The van der Waals surface area contributed by atoms with Crippen LogP contribution in [0.2, 0.25) is 5.02 Å². The van der Waals surface area contributed by atoms with Crippen molar-refractivity contribution in [3.8, 4) is 11.5 Å². The molecule has 4 heteroatoms. The highest BCUT2D eigenvalue weighted by atomic mass is 35.5. The Morgan fingerprint density at radius 1 is 1.25 bits per heavy atom. The second-order valence-corrected chi connectivity index (χ2v) is 5.41. The van der Waals surface area contributed by atoms with Gasteiger partial charge in [0.25, 0.3) is 0 Å². The summed E-state index contributed by atoms with van der Waals surface area (Å²) in [6, 6.07) is 9.88. The Balaban J connectivity index is 2.25. The van der Waals surface area contributed by atoms with Crippen molar-refractivity contribution in [3.05, 3.63) is 52.8 Å². The van der Waals surface area contributed by atoms with Gasteiger partial charge in [0.2, 0.25) is 0 Å². The molecule has 0 saturated carbocycles. The third-order valence-corrected chi connectivity index (χ3v) is 3.14. The van der Waals surface area contributed by atoms with E-state index in [-0.39, 0.29) is 0 Å². The fourth-order valence-electron chi connectivity index (χ4n) is 1.78. The number of hydrogen-bond acceptors (Lipinski definition) is 3. The number of nitrogens with one attached hydrogen (secondary N) is 1. The highest BCUT2D eigenvalue weighted by molar-refractivity contribution is 6.30. The fraction of sp³-hybridized carbons (Fsp3) is 0.312. The van der Waals surface area contributed by atoms with E-state index in [0.29, 0.717) is 11.1 Å². The van der Waals surface area contributed by atoms with Crippen LogP contribution in [0, 0.1) is 6.92 Å². The molecule has 106 valence electrons. The standard InChI is InChI=1S/C16H19ClN2O/c1-11(2)19-10-13-6-7-14(17)9-16(13)20-15-5-4-8-18-12(15)3/h4-9,11,19H,10H2,1-3H3. The number of rotatable bonds is 5. The second kappa shape index (κ2) is 6.73. The SMILES string of the molecule is Cc1ncccc1Oc1cc(Cl)ccc1CNC(C)C. The van der Waals surface area contributed by atoms with Crippen molar-refractivity contribution < 1.29 is 4.74 Å². The summed E-state index contributed by atoms with van der Waals surface area (Å²) in [5.41, 5.74) is 1.93. The summed E-state index contributed by atoms with van der Waals surface area (Å²) in [5.74, 6) is 1.52. The van der Waals surface area contributed by atoms with Crippen molar-refractivity contribution in [3.63, 3.8) is 0 Å². The Kier molecular flexibility index (Phi) is 4.99. The predicted octanol–water partition coefficient (Wildman–Crippen LogP) is 4.33. The van der Waals surface area contributed by atoms with Crippen molar-refractivity contribution >= 4 is 11.6 Å². The van der Waals surface area contributed by atoms with Gasteiger partial charge in [-0.2, -0.15) is 0 Å². The molecule has 2 aromatic rings. The van der Waals surface area contributed by atoms with E-state index >= 15 is 0 Å². The average Bonchev–Trinajstić information content (AvgIpc) is 2.40. The number of ether oxygens (including phenoxy) is 1. The molecular formula is C16H19ClN2O. The van der Waals surface area contributed by atoms with Gasteiger partial charge in [0.05, 0.1) is 5.69 Å². The maximum absolute atomic E-state index is 6.07. The maximum Gasteiger partial charge on any atom is 0.148 e. The van der Waals surface area contributed by atoms with Crippen LogP contribution in [0.15, 0.2) is 36.5 Å². The van der Waals surface area contributed by atoms with Crippen molar-refractivity contribution in [2.45, 2.75) is 33.4 Å². The fourth-order valence-corrected chi connectivity index (χ4v) is 1.94. The first kappa shape index (κ1) is 14.8. The summed E-state index contributed by atoms with van der Waals surface area (Å²) in [5, 5.41) is 4.05. The summed E-state index contributed by atoms with van der Waals surface area (Å²) >= 11 is 6.07. The number of halogens is 1. The highest BCUT2D eigenvalue weighted by Crippen LogP contribution is 2.29. The van der Waals surface area contributed by atoms with Gasteiger partial charge in [-0.1, -0.05) is 31.5 Å². The van der Waals surface area contributed by atoms with Gasteiger partial charge < -0.3 is 10.1 Å². The van der Waals surface area contributed by atoms with E-state index in [2.05, 4.69) is 24.1 Å². The molecule has 1 heterocycles. The highest BCUT2D eigenvalue weighted by Gasteiger charge is 2.08. The second-order valence-electron chi connectivity index (χ2n) is 4.98. The smallest absolute Gasteiger partial charge is 0.148 e. The van der Waals surface area contributed by atoms with Crippen molar-refractivity contribution in [1.29, 1.82) is 0 Å². The maximum atomic E-state index is 6.07. The molecule has 0 saturated heterocycles. The van der Waals surface area contributed by atoms with Crippen LogP contribution in [-0.2, 0) is 6.54 Å². The topological polar surface area (TPSA) is 34.1 Å². The van der Waals surface area contributed by atoms with E-state index in [1.165, 1.54) is 0 Å². The molecule has 3 nitrogen and oxygen atoms in total. The van der Waals surface area contributed by atoms with Crippen molar-refractivity contribution in [2.24, 2.45) is 0 Å². The van der Waals surface area contributed by atoms with Crippen LogP contribution < -0.4 is 10.1 Å². The van der Waals surface area contributed by atoms with Crippen LogP contribution in [0.25, 0.3) is 0 Å². The summed E-state index contributed by atoms with van der Waals surface area (Å²) in [4.78, 5) is 4.23. The summed E-state index contributed by atoms with van der Waals surface area (Å²) in [6.07, 6.45) is 1.75. The Hall–Kier alpha value is -1.58. The molecular weight excluding hydrogens is 272 g/mol. The molecule has 0 bridgehead atoms. The summed E-state index contributed by atoms with van der Waals surface area (Å²) in [7, 11) is 0. The molecule has 1 aromatic heterocycles. The molecule has 1 N–H and O–H groups in total. The van der Waals surface area contributed by atoms with Crippen LogP contribution in [0.1, 0.15) is 25.1 Å². The van der Waals surface area contributed by atoms with Gasteiger partial charge in [0, 0.05) is 29.4 Å². The lowest BCUT2D eigenvalue weighted by atomic mass is 10.2. The Labute approximate surface area is 124 Å². The zero-order chi connectivity index (χ0) is 14.5. The lowest BCUT2D eigenvalue weighted by Gasteiger charge is -2.14. The largest absolute Gasteiger partial charge is 0.455 e. The molecule has 1 aromatic carbocycles. The number of benzene rings is 1. The quantitative estimate of drug-likeness (QED) is 0.890. The van der Waals surface area contributed by atoms with Crippen LogP contribution in [0.3, 0.4) is 0 Å². The predicted molar refractivity (Wildman–Crippen MR) is 82.5 cm³/mol. The lowest BCUT2D eigenvalue weighted by molar-refractivity contribution is 0.463. The van der Waals surface area contributed by atoms with E-state index in [9.17, 15) is 0 Å². The Bertz CT molecular complexity index is 584. The van der Waals surface area contributed by atoms with Crippen LogP contribution in [0.5, 0.6) is 11.5 Å². The van der Waals surface area contributed by atoms with Gasteiger partial charge >= 0.3 is 0 Å². The zero-order valence-electron chi connectivity index (χ0n) is 12.0. The molecule has 0 aliphatic carbocycles. The van der Waals surface area contributed by atoms with Gasteiger partial charge in [0.15, 0.2) is 0 Å². The molecule has 0 amide bonds. The first-order chi connectivity index (χ1) is 9.56. The van der Waals surface area contributed by atoms with Gasteiger partial charge in [-0.15, -0.1) is 0 Å². The Morgan fingerprint density at radius 2 is 2.05 bits per heavy atom. The molecule has 0 aliphatic rings. The van der Waals surface area contributed by atoms with E-state index in [0.717, 1.165) is 29.3 Å². The molecule has 0 atom stereocenters. The monoisotopic (exact) mass is 290 g/mol. The van der Waals surface area contributed by atoms with Crippen molar-refractivity contribution in [2.75, 3.05) is 0 Å². The van der Waals surface area contributed by atoms with Gasteiger partial charge in [-0.3, -0.25) is 4.98 Å². The number of pyridine rings is 1. The number of aromatic nitrogens is 1. The average molecular weight is 291 g/mol. The van der Waals surface area contributed by atoms with Gasteiger partial charge in [0.1, 0.15) is 11.5 Å². The first-order valence-electron chi connectivity index (χ1n) is 6.67. The van der Waals surface area contributed by atoms with E-state index in [1.807, 2.05) is 37.3 Å². The molecule has 0 unspecified atom stereocenters. The summed E-state index contributed by atoms with van der Waals surface area (Å²) < 4.78 is 5.97. The third-order valence-electron chi connectivity index (χ3n) is 2.91. The summed E-state index contributed by atoms with van der Waals surface area (Å²) in [6.45, 7) is 6.89. The van der Waals surface area contributed by atoms with E-state index in [4.69, 9.17) is 16.3 Å². The van der Waals surface area contributed by atoms with E-state index < -0.39 is 0 Å². The zero-order valence-corrected chi connectivity index (χ0v) is 12.7. The van der Waals surface area contributed by atoms with Crippen molar-refractivity contribution in [1.82, 2.24) is 10.3 Å². The molecule has 0 fully saturated rings. The molecule has 2 rings (SSSR count). The molecule has 0 spiro atoms. The van der Waals surface area contributed by atoms with Crippen LogP contribution >= 0.6 is 11.6 Å². The third kappa shape index (κ3) is 3.95. The minimum absolute atomic E-state index is 0.415. The number of nitrogens with zero attached hydrogens (tertiary/aromatic N) is 1. The molecule has 0 radical (unpaired) electrons. The normalized spacial score (nSPS) is 10.8. The minimum Gasteiger partial charge on any atom is -0.455 e. The minimum atomic E-state index is 0.415.